The van der Waals surface area contributed by atoms with Crippen molar-refractivity contribution in [1.29, 1.82) is 0 Å². The number of pyridine rings is 1. The van der Waals surface area contributed by atoms with Crippen LogP contribution in [0.5, 0.6) is 0 Å². The van der Waals surface area contributed by atoms with Crippen molar-refractivity contribution < 1.29 is 0 Å². The van der Waals surface area contributed by atoms with Crippen LogP contribution in [0.25, 0.3) is 99.9 Å². The maximum absolute atomic E-state index is 5.24. The van der Waals surface area contributed by atoms with Gasteiger partial charge in [0.15, 0.2) is 17.5 Å². The highest BCUT2D eigenvalue weighted by Gasteiger charge is 2.16. The number of rotatable bonds is 6. The summed E-state index contributed by atoms with van der Waals surface area (Å²) < 4.78 is 0. The van der Waals surface area contributed by atoms with Crippen LogP contribution < -0.4 is 0 Å². The summed E-state index contributed by atoms with van der Waals surface area (Å²) in [5.41, 5.74) is 14.0. The molecule has 4 nitrogen and oxygen atoms in total. The quantitative estimate of drug-likeness (QED) is 0.159. The lowest BCUT2D eigenvalue weighted by Gasteiger charge is -2.14. The van der Waals surface area contributed by atoms with Crippen LogP contribution in [0.1, 0.15) is 22.5 Å². The maximum Gasteiger partial charge on any atom is 0.164 e. The Morgan fingerprint density at radius 3 is 1.43 bits per heavy atom. The third-order valence-corrected chi connectivity index (χ3v) is 11.3. The fraction of sp³-hybridized carbons (Fsp3) is 0.0741. The summed E-state index contributed by atoms with van der Waals surface area (Å²) in [5.74, 6) is 1.91. The first-order valence-corrected chi connectivity index (χ1v) is 19.8. The second-order valence-corrected chi connectivity index (χ2v) is 15.4. The Bertz CT molecular complexity index is 3200. The number of aryl methyl sites for hydroxylation is 4. The molecule has 0 unspecified atom stereocenters. The highest BCUT2D eigenvalue weighted by molar-refractivity contribution is 6.08. The van der Waals surface area contributed by atoms with Gasteiger partial charge in [-0.1, -0.05) is 121 Å². The molecule has 0 spiro atoms. The van der Waals surface area contributed by atoms with Gasteiger partial charge in [-0.15, -0.1) is 0 Å². The lowest BCUT2D eigenvalue weighted by Crippen LogP contribution is -2.01. The van der Waals surface area contributed by atoms with Crippen molar-refractivity contribution in [1.82, 2.24) is 19.9 Å². The minimum Gasteiger partial charge on any atom is -0.258 e. The zero-order chi connectivity index (χ0) is 39.3. The van der Waals surface area contributed by atoms with Gasteiger partial charge in [-0.3, -0.25) is 4.98 Å². The van der Waals surface area contributed by atoms with Gasteiger partial charge in [0.25, 0.3) is 0 Å². The Labute approximate surface area is 338 Å². The second kappa shape index (κ2) is 14.3. The molecule has 10 rings (SSSR count). The second-order valence-electron chi connectivity index (χ2n) is 15.4. The standard InChI is InChI=1S/C54H40N4/c1-33-13-14-44(25-34(33)2)52-56-53(45-22-19-37-9-5-6-11-41(37)29-45)58-54(57-52)49-31-47(39-17-15-38(16-18-39)46-26-35(3)55-36(4)27-46)30-48(32-49)42-23-24-51-43(28-42)21-20-40-10-7-8-12-50(40)51/h5-32H,1-4H3. The van der Waals surface area contributed by atoms with Crippen LogP contribution in [-0.2, 0) is 0 Å². The average molecular weight is 745 g/mol. The van der Waals surface area contributed by atoms with Crippen molar-refractivity contribution in [2.45, 2.75) is 27.7 Å². The van der Waals surface area contributed by atoms with Gasteiger partial charge in [-0.05, 0) is 153 Å². The van der Waals surface area contributed by atoms with Gasteiger partial charge in [-0.25, -0.2) is 15.0 Å². The van der Waals surface area contributed by atoms with E-state index in [4.69, 9.17) is 15.0 Å². The Kier molecular flexibility index (Phi) is 8.68. The van der Waals surface area contributed by atoms with E-state index in [1.54, 1.807) is 0 Å². The molecule has 0 aliphatic rings. The van der Waals surface area contributed by atoms with E-state index in [1.807, 2.05) is 13.8 Å². The van der Waals surface area contributed by atoms with Crippen molar-refractivity contribution in [3.8, 4) is 67.5 Å². The largest absolute Gasteiger partial charge is 0.258 e. The highest BCUT2D eigenvalue weighted by Crippen LogP contribution is 2.37. The molecule has 2 heterocycles. The van der Waals surface area contributed by atoms with E-state index < -0.39 is 0 Å². The summed E-state index contributed by atoms with van der Waals surface area (Å²) in [6, 6.07) is 60.9. The van der Waals surface area contributed by atoms with E-state index in [2.05, 4.69) is 189 Å². The predicted molar refractivity (Wildman–Crippen MR) is 242 cm³/mol. The molecule has 0 radical (unpaired) electrons. The van der Waals surface area contributed by atoms with Gasteiger partial charge < -0.3 is 0 Å². The van der Waals surface area contributed by atoms with Crippen LogP contribution in [0.2, 0.25) is 0 Å². The third kappa shape index (κ3) is 6.69. The zero-order valence-electron chi connectivity index (χ0n) is 33.0. The molecule has 8 aromatic carbocycles. The van der Waals surface area contributed by atoms with Gasteiger partial charge in [0, 0.05) is 28.1 Å². The SMILES string of the molecule is Cc1cc(-c2ccc(-c3cc(-c4ccc5c(ccc6ccccc65)c4)cc(-c4nc(-c5ccc(C)c(C)c5)nc(-c5ccc6ccccc6c5)n4)c3)cc2)cc(C)n1. The van der Waals surface area contributed by atoms with Crippen LogP contribution in [-0.4, -0.2) is 19.9 Å². The first-order valence-electron chi connectivity index (χ1n) is 19.8. The summed E-state index contributed by atoms with van der Waals surface area (Å²) in [6.07, 6.45) is 0. The summed E-state index contributed by atoms with van der Waals surface area (Å²) >= 11 is 0. The molecule has 276 valence electrons. The number of hydrogen-bond donors (Lipinski definition) is 0. The van der Waals surface area contributed by atoms with Gasteiger partial charge >= 0.3 is 0 Å². The van der Waals surface area contributed by atoms with Crippen LogP contribution in [0.15, 0.2) is 170 Å². The van der Waals surface area contributed by atoms with Gasteiger partial charge in [0.05, 0.1) is 0 Å². The van der Waals surface area contributed by atoms with Crippen LogP contribution in [0.4, 0.5) is 0 Å². The molecule has 0 saturated carbocycles. The smallest absolute Gasteiger partial charge is 0.164 e. The van der Waals surface area contributed by atoms with Crippen molar-refractivity contribution in [2.24, 2.45) is 0 Å². The average Bonchev–Trinajstić information content (AvgIpc) is 3.26. The molecule has 0 aliphatic carbocycles. The summed E-state index contributed by atoms with van der Waals surface area (Å²) in [4.78, 5) is 20.2. The Morgan fingerprint density at radius 2 is 0.724 bits per heavy atom. The molecular formula is C54H40N4. The van der Waals surface area contributed by atoms with Gasteiger partial charge in [-0.2, -0.15) is 0 Å². The molecule has 0 amide bonds. The fourth-order valence-electron chi connectivity index (χ4n) is 8.11. The number of hydrogen-bond acceptors (Lipinski definition) is 4. The normalized spacial score (nSPS) is 11.4. The van der Waals surface area contributed by atoms with Crippen molar-refractivity contribution in [3.05, 3.63) is 192 Å². The minimum atomic E-state index is 0.626. The number of aromatic nitrogens is 4. The maximum atomic E-state index is 5.24. The molecule has 4 heteroatoms. The molecule has 2 aromatic heterocycles. The van der Waals surface area contributed by atoms with Crippen LogP contribution >= 0.6 is 0 Å². The van der Waals surface area contributed by atoms with Crippen molar-refractivity contribution in [2.75, 3.05) is 0 Å². The zero-order valence-corrected chi connectivity index (χ0v) is 33.0. The number of benzene rings is 8. The highest BCUT2D eigenvalue weighted by atomic mass is 15.0. The van der Waals surface area contributed by atoms with Gasteiger partial charge in [0.2, 0.25) is 0 Å². The summed E-state index contributed by atoms with van der Waals surface area (Å²) in [7, 11) is 0. The monoisotopic (exact) mass is 744 g/mol. The third-order valence-electron chi connectivity index (χ3n) is 11.3. The van der Waals surface area contributed by atoms with E-state index in [1.165, 1.54) is 43.6 Å². The molecule has 0 aliphatic heterocycles. The molecule has 58 heavy (non-hydrogen) atoms. The van der Waals surface area contributed by atoms with E-state index >= 15 is 0 Å². The molecule has 0 bridgehead atoms. The summed E-state index contributed by atoms with van der Waals surface area (Å²) in [5, 5.41) is 7.26. The first kappa shape index (κ1) is 35.1. The Hall–Kier alpha value is -7.30. The number of fused-ring (bicyclic) bond motifs is 4. The van der Waals surface area contributed by atoms with Crippen molar-refractivity contribution >= 4 is 32.3 Å². The predicted octanol–water partition coefficient (Wildman–Crippen LogP) is 14.0. The Morgan fingerprint density at radius 1 is 0.259 bits per heavy atom. The van der Waals surface area contributed by atoms with E-state index in [9.17, 15) is 0 Å². The molecule has 0 atom stereocenters. The molecular weight excluding hydrogens is 705 g/mol. The fourth-order valence-corrected chi connectivity index (χ4v) is 8.11. The van der Waals surface area contributed by atoms with Crippen LogP contribution in [0.3, 0.4) is 0 Å². The van der Waals surface area contributed by atoms with Gasteiger partial charge in [0.1, 0.15) is 0 Å². The lowest BCUT2D eigenvalue weighted by atomic mass is 9.93. The lowest BCUT2D eigenvalue weighted by molar-refractivity contribution is 1.07. The first-order chi connectivity index (χ1) is 28.3. The van der Waals surface area contributed by atoms with E-state index in [0.717, 1.165) is 61.3 Å². The van der Waals surface area contributed by atoms with Crippen molar-refractivity contribution in [3.63, 3.8) is 0 Å². The Balaban J connectivity index is 1.17. The number of nitrogens with zero attached hydrogens (tertiary/aromatic N) is 4. The molecule has 10 aromatic rings. The van der Waals surface area contributed by atoms with Crippen LogP contribution in [0, 0.1) is 27.7 Å². The van der Waals surface area contributed by atoms with E-state index in [0.29, 0.717) is 17.5 Å². The molecule has 0 saturated heterocycles. The van der Waals surface area contributed by atoms with E-state index in [-0.39, 0.29) is 0 Å². The molecule has 0 N–H and O–H groups in total. The molecule has 0 fully saturated rings. The summed E-state index contributed by atoms with van der Waals surface area (Å²) in [6.45, 7) is 8.36. The topological polar surface area (TPSA) is 51.6 Å². The minimum absolute atomic E-state index is 0.626.